The van der Waals surface area contributed by atoms with Crippen LogP contribution in [0.5, 0.6) is 0 Å². The van der Waals surface area contributed by atoms with Gasteiger partial charge >= 0.3 is 0 Å². The summed E-state index contributed by atoms with van der Waals surface area (Å²) in [6.45, 7) is 0. The molecule has 3 heteroatoms. The first-order valence-corrected chi connectivity index (χ1v) is 8.57. The summed E-state index contributed by atoms with van der Waals surface area (Å²) < 4.78 is 0. The van der Waals surface area contributed by atoms with Gasteiger partial charge in [0, 0.05) is 4.90 Å². The Bertz CT molecular complexity index is 914. The molecule has 0 bridgehead atoms. The highest BCUT2D eigenvalue weighted by molar-refractivity contribution is 8.04. The number of para-hydroxylation sites is 1. The molecule has 0 fully saturated rings. The van der Waals surface area contributed by atoms with Crippen LogP contribution in [-0.4, -0.2) is 5.91 Å². The summed E-state index contributed by atoms with van der Waals surface area (Å²) in [4.78, 5) is 14.0. The van der Waals surface area contributed by atoms with Gasteiger partial charge in [0.15, 0.2) is 0 Å². The molecule has 2 nitrogen and oxygen atoms in total. The molecule has 0 unspecified atom stereocenters. The molecule has 0 spiro atoms. The Labute approximate surface area is 145 Å². The lowest BCUT2D eigenvalue weighted by atomic mass is 10.0. The lowest BCUT2D eigenvalue weighted by molar-refractivity contribution is -0.112. The maximum Gasteiger partial charge on any atom is 0.262 e. The van der Waals surface area contributed by atoms with E-state index in [4.69, 9.17) is 0 Å². The zero-order chi connectivity index (χ0) is 16.4. The Morgan fingerprint density at radius 1 is 0.750 bits per heavy atom. The van der Waals surface area contributed by atoms with Crippen LogP contribution >= 0.6 is 11.8 Å². The molecule has 0 aromatic heterocycles. The van der Waals surface area contributed by atoms with E-state index in [2.05, 4.69) is 29.6 Å². The van der Waals surface area contributed by atoms with Gasteiger partial charge < -0.3 is 5.32 Å². The van der Waals surface area contributed by atoms with E-state index in [0.29, 0.717) is 4.91 Å². The normalized spacial score (nSPS) is 15.0. The zero-order valence-corrected chi connectivity index (χ0v) is 13.7. The second-order valence-electron chi connectivity index (χ2n) is 5.55. The summed E-state index contributed by atoms with van der Waals surface area (Å²) in [6, 6.07) is 26.4. The highest BCUT2D eigenvalue weighted by Gasteiger charge is 2.20. The van der Waals surface area contributed by atoms with Crippen LogP contribution in [0.3, 0.4) is 0 Å². The highest BCUT2D eigenvalue weighted by Crippen LogP contribution is 2.38. The fraction of sp³-hybridized carbons (Fsp3) is 0. The lowest BCUT2D eigenvalue weighted by Gasteiger charge is -2.18. The lowest BCUT2D eigenvalue weighted by Crippen LogP contribution is -2.16. The number of hydrogen-bond acceptors (Lipinski definition) is 2. The molecule has 1 N–H and O–H groups in total. The summed E-state index contributed by atoms with van der Waals surface area (Å²) in [5, 5.41) is 2.94. The summed E-state index contributed by atoms with van der Waals surface area (Å²) in [7, 11) is 0. The van der Waals surface area contributed by atoms with Crippen LogP contribution in [0.4, 0.5) is 5.69 Å². The van der Waals surface area contributed by atoms with E-state index in [1.54, 1.807) is 0 Å². The monoisotopic (exact) mass is 329 g/mol. The number of fused-ring (bicyclic) bond motifs is 1. The van der Waals surface area contributed by atoms with E-state index in [9.17, 15) is 4.79 Å². The van der Waals surface area contributed by atoms with Gasteiger partial charge in [-0.1, -0.05) is 78.5 Å². The minimum Gasteiger partial charge on any atom is -0.320 e. The van der Waals surface area contributed by atoms with Crippen molar-refractivity contribution in [2.75, 3.05) is 5.32 Å². The summed E-state index contributed by atoms with van der Waals surface area (Å²) in [5.74, 6) is -0.0502. The number of anilines is 1. The van der Waals surface area contributed by atoms with Gasteiger partial charge in [0.25, 0.3) is 5.91 Å². The van der Waals surface area contributed by atoms with Gasteiger partial charge in [-0.2, -0.15) is 0 Å². The van der Waals surface area contributed by atoms with Gasteiger partial charge in [-0.25, -0.2) is 0 Å². The molecule has 4 rings (SSSR count). The van der Waals surface area contributed by atoms with Crippen molar-refractivity contribution in [1.82, 2.24) is 0 Å². The Kier molecular flexibility index (Phi) is 3.93. The Balaban J connectivity index is 1.61. The average Bonchev–Trinajstić information content (AvgIpc) is 2.64. The number of amides is 1. The van der Waals surface area contributed by atoms with Crippen molar-refractivity contribution >= 4 is 29.4 Å². The van der Waals surface area contributed by atoms with Gasteiger partial charge in [-0.15, -0.1) is 0 Å². The number of rotatable bonds is 2. The molecular weight excluding hydrogens is 314 g/mol. The third kappa shape index (κ3) is 2.99. The van der Waals surface area contributed by atoms with Crippen molar-refractivity contribution in [3.63, 3.8) is 0 Å². The van der Waals surface area contributed by atoms with Crippen LogP contribution in [0, 0.1) is 0 Å². The molecule has 1 amide bonds. The molecule has 0 radical (unpaired) electrons. The second kappa shape index (κ2) is 6.38. The van der Waals surface area contributed by atoms with E-state index in [-0.39, 0.29) is 5.91 Å². The molecule has 0 saturated carbocycles. The minimum atomic E-state index is -0.0502. The number of carbonyl (C=O) groups is 1. The van der Waals surface area contributed by atoms with Crippen molar-refractivity contribution in [1.29, 1.82) is 0 Å². The predicted octanol–water partition coefficient (Wildman–Crippen LogP) is 5.44. The van der Waals surface area contributed by atoms with Crippen LogP contribution in [-0.2, 0) is 4.79 Å². The Hall–Kier alpha value is -2.78. The molecule has 1 aliphatic rings. The maximum absolute atomic E-state index is 12.2. The fourth-order valence-corrected chi connectivity index (χ4v) is 3.61. The standard InChI is InChI=1S/C21H15NOS/c23-21-20(24-19-9-5-4-8-18(19)22-21)14-15-10-12-17(13-11-15)16-6-2-1-3-7-16/h1-14H,(H,22,23). The van der Waals surface area contributed by atoms with Crippen LogP contribution in [0.25, 0.3) is 17.2 Å². The van der Waals surface area contributed by atoms with Crippen molar-refractivity contribution in [2.45, 2.75) is 4.90 Å². The molecule has 1 heterocycles. The first-order valence-electron chi connectivity index (χ1n) is 7.75. The SMILES string of the molecule is O=C1Nc2ccccc2SC1=Cc1ccc(-c2ccccc2)cc1. The number of benzene rings is 3. The Morgan fingerprint density at radius 3 is 2.21 bits per heavy atom. The van der Waals surface area contributed by atoms with E-state index >= 15 is 0 Å². The first kappa shape index (κ1) is 14.8. The Morgan fingerprint density at radius 2 is 1.42 bits per heavy atom. The number of thioether (sulfide) groups is 1. The van der Waals surface area contributed by atoms with E-state index < -0.39 is 0 Å². The minimum absolute atomic E-state index is 0.0502. The van der Waals surface area contributed by atoms with E-state index in [1.165, 1.54) is 22.9 Å². The van der Waals surface area contributed by atoms with Crippen LogP contribution < -0.4 is 5.32 Å². The molecule has 3 aromatic rings. The third-order valence-electron chi connectivity index (χ3n) is 3.89. The highest BCUT2D eigenvalue weighted by atomic mass is 32.2. The van der Waals surface area contributed by atoms with Crippen molar-refractivity contribution in [2.24, 2.45) is 0 Å². The topological polar surface area (TPSA) is 29.1 Å². The molecule has 0 aliphatic carbocycles. The predicted molar refractivity (Wildman–Crippen MR) is 101 cm³/mol. The van der Waals surface area contributed by atoms with E-state index in [1.807, 2.05) is 60.7 Å². The first-order chi connectivity index (χ1) is 11.8. The molecule has 3 aromatic carbocycles. The van der Waals surface area contributed by atoms with Gasteiger partial charge in [-0.3, -0.25) is 4.79 Å². The van der Waals surface area contributed by atoms with Gasteiger partial charge in [0.1, 0.15) is 0 Å². The quantitative estimate of drug-likeness (QED) is 0.634. The fourth-order valence-electron chi connectivity index (χ4n) is 2.66. The zero-order valence-electron chi connectivity index (χ0n) is 12.9. The molecular formula is C21H15NOS. The van der Waals surface area contributed by atoms with E-state index in [0.717, 1.165) is 16.1 Å². The van der Waals surface area contributed by atoms with Crippen LogP contribution in [0.15, 0.2) is 88.7 Å². The molecule has 116 valence electrons. The largest absolute Gasteiger partial charge is 0.320 e. The van der Waals surface area contributed by atoms with Gasteiger partial charge in [-0.05, 0) is 34.9 Å². The van der Waals surface area contributed by atoms with Crippen molar-refractivity contribution in [3.05, 3.63) is 89.3 Å². The molecule has 0 atom stereocenters. The summed E-state index contributed by atoms with van der Waals surface area (Å²) in [6.07, 6.45) is 1.94. The second-order valence-corrected chi connectivity index (χ2v) is 6.63. The van der Waals surface area contributed by atoms with Gasteiger partial charge in [0.05, 0.1) is 10.6 Å². The maximum atomic E-state index is 12.2. The van der Waals surface area contributed by atoms with Crippen molar-refractivity contribution in [3.8, 4) is 11.1 Å². The molecule has 24 heavy (non-hydrogen) atoms. The van der Waals surface area contributed by atoms with Crippen LogP contribution in [0.1, 0.15) is 5.56 Å². The summed E-state index contributed by atoms with van der Waals surface area (Å²) in [5.41, 5.74) is 4.26. The smallest absolute Gasteiger partial charge is 0.262 e. The average molecular weight is 329 g/mol. The number of carbonyl (C=O) groups excluding carboxylic acids is 1. The molecule has 1 aliphatic heterocycles. The van der Waals surface area contributed by atoms with Crippen LogP contribution in [0.2, 0.25) is 0 Å². The molecule has 0 saturated heterocycles. The summed E-state index contributed by atoms with van der Waals surface area (Å²) >= 11 is 1.51. The number of hydrogen-bond donors (Lipinski definition) is 1. The number of nitrogens with one attached hydrogen (secondary N) is 1. The van der Waals surface area contributed by atoms with Gasteiger partial charge in [0.2, 0.25) is 0 Å². The van der Waals surface area contributed by atoms with Crippen molar-refractivity contribution < 1.29 is 4.79 Å². The third-order valence-corrected chi connectivity index (χ3v) is 4.99.